The number of rotatable bonds is 3. The molecule has 1 aliphatic rings. The molecule has 12 heavy (non-hydrogen) atoms. The maximum Gasteiger partial charge on any atom is 0.00799 e. The Morgan fingerprint density at radius 1 is 1.33 bits per heavy atom. The number of thioether (sulfide) groups is 1. The van der Waals surface area contributed by atoms with Crippen molar-refractivity contribution in [1.29, 1.82) is 0 Å². The predicted molar refractivity (Wildman–Crippen MR) is 57.8 cm³/mol. The fourth-order valence-electron chi connectivity index (χ4n) is 1.98. The zero-order chi connectivity index (χ0) is 8.97. The van der Waals surface area contributed by atoms with E-state index in [0.29, 0.717) is 6.04 Å². The topological polar surface area (TPSA) is 12.0 Å². The highest BCUT2D eigenvalue weighted by Gasteiger charge is 2.20. The van der Waals surface area contributed by atoms with Crippen molar-refractivity contribution >= 4 is 11.8 Å². The van der Waals surface area contributed by atoms with Crippen molar-refractivity contribution in [2.24, 2.45) is 0 Å². The first-order valence-electron chi connectivity index (χ1n) is 5.01. The van der Waals surface area contributed by atoms with Crippen LogP contribution in [-0.4, -0.2) is 23.6 Å². The molecule has 0 saturated heterocycles. The summed E-state index contributed by atoms with van der Waals surface area (Å²) in [5.41, 5.74) is 0. The molecule has 1 nitrogen and oxygen atoms in total. The minimum absolute atomic E-state index is 0.649. The van der Waals surface area contributed by atoms with Gasteiger partial charge in [0.15, 0.2) is 0 Å². The van der Waals surface area contributed by atoms with E-state index in [1.54, 1.807) is 0 Å². The fourth-order valence-corrected chi connectivity index (χ4v) is 2.81. The Morgan fingerprint density at radius 3 is 2.67 bits per heavy atom. The molecule has 1 rings (SSSR count). The molecule has 0 heterocycles. The lowest BCUT2D eigenvalue weighted by Crippen LogP contribution is -2.39. The average molecular weight is 187 g/mol. The van der Waals surface area contributed by atoms with Gasteiger partial charge >= 0.3 is 0 Å². The Balaban J connectivity index is 2.25. The highest BCUT2D eigenvalue weighted by molar-refractivity contribution is 7.99. The first-order chi connectivity index (χ1) is 5.72. The van der Waals surface area contributed by atoms with Gasteiger partial charge in [-0.15, -0.1) is 0 Å². The van der Waals surface area contributed by atoms with Gasteiger partial charge < -0.3 is 5.32 Å². The minimum Gasteiger partial charge on any atom is -0.312 e. The van der Waals surface area contributed by atoms with E-state index in [2.05, 4.69) is 25.4 Å². The van der Waals surface area contributed by atoms with Crippen LogP contribution in [-0.2, 0) is 0 Å². The second-order valence-corrected chi connectivity index (χ2v) is 5.18. The Bertz CT molecular complexity index is 125. The third kappa shape index (κ3) is 3.36. The lowest BCUT2D eigenvalue weighted by atomic mass is 9.94. The molecule has 0 aromatic carbocycles. The molecule has 2 heteroatoms. The van der Waals surface area contributed by atoms with Crippen LogP contribution in [0.2, 0.25) is 0 Å². The van der Waals surface area contributed by atoms with Gasteiger partial charge in [-0.25, -0.2) is 0 Å². The summed E-state index contributed by atoms with van der Waals surface area (Å²) in [7, 11) is 0. The Labute approximate surface area is 80.7 Å². The van der Waals surface area contributed by atoms with Crippen molar-refractivity contribution in [3.8, 4) is 0 Å². The molecule has 1 saturated carbocycles. The second-order valence-electron chi connectivity index (χ2n) is 4.04. The molecule has 0 aliphatic heterocycles. The summed E-state index contributed by atoms with van der Waals surface area (Å²) >= 11 is 2.04. The van der Waals surface area contributed by atoms with Crippen LogP contribution in [0, 0.1) is 0 Å². The number of nitrogens with one attached hydrogen (secondary N) is 1. The van der Waals surface area contributed by atoms with Crippen molar-refractivity contribution in [1.82, 2.24) is 5.32 Å². The molecule has 1 fully saturated rings. The van der Waals surface area contributed by atoms with Gasteiger partial charge in [-0.3, -0.25) is 0 Å². The second kappa shape index (κ2) is 5.13. The average Bonchev–Trinajstić information content (AvgIpc) is 2.03. The van der Waals surface area contributed by atoms with Crippen LogP contribution in [0.5, 0.6) is 0 Å². The van der Waals surface area contributed by atoms with Crippen molar-refractivity contribution < 1.29 is 0 Å². The van der Waals surface area contributed by atoms with Crippen LogP contribution in [0.25, 0.3) is 0 Å². The highest BCUT2D eigenvalue weighted by atomic mass is 32.2. The Kier molecular flexibility index (Phi) is 4.44. The smallest absolute Gasteiger partial charge is 0.00799 e. The zero-order valence-corrected chi connectivity index (χ0v) is 9.29. The van der Waals surface area contributed by atoms with Crippen molar-refractivity contribution in [3.63, 3.8) is 0 Å². The van der Waals surface area contributed by atoms with Crippen molar-refractivity contribution in [2.75, 3.05) is 6.26 Å². The number of hydrogen-bond acceptors (Lipinski definition) is 2. The van der Waals surface area contributed by atoms with Gasteiger partial charge in [0.05, 0.1) is 0 Å². The van der Waals surface area contributed by atoms with E-state index in [-0.39, 0.29) is 0 Å². The molecule has 1 N–H and O–H groups in total. The van der Waals surface area contributed by atoms with Crippen molar-refractivity contribution in [3.05, 3.63) is 0 Å². The van der Waals surface area contributed by atoms with Crippen molar-refractivity contribution in [2.45, 2.75) is 56.9 Å². The van der Waals surface area contributed by atoms with Gasteiger partial charge in [0, 0.05) is 17.3 Å². The van der Waals surface area contributed by atoms with Gasteiger partial charge in [0.1, 0.15) is 0 Å². The van der Waals surface area contributed by atoms with E-state index in [0.717, 1.165) is 11.3 Å². The molecular weight excluding hydrogens is 166 g/mol. The normalized spacial score (nSPS) is 31.0. The fraction of sp³-hybridized carbons (Fsp3) is 1.00. The van der Waals surface area contributed by atoms with Gasteiger partial charge in [-0.05, 0) is 25.5 Å². The number of hydrogen-bond donors (Lipinski definition) is 1. The van der Waals surface area contributed by atoms with Gasteiger partial charge in [-0.2, -0.15) is 11.8 Å². The van der Waals surface area contributed by atoms with Crippen LogP contribution in [0.15, 0.2) is 0 Å². The maximum atomic E-state index is 3.63. The van der Waals surface area contributed by atoms with Crippen LogP contribution >= 0.6 is 11.8 Å². The van der Waals surface area contributed by atoms with Crippen LogP contribution in [0.3, 0.4) is 0 Å². The molecule has 0 amide bonds. The molecule has 0 aromatic rings. The Morgan fingerprint density at radius 2 is 2.08 bits per heavy atom. The molecule has 0 spiro atoms. The van der Waals surface area contributed by atoms with E-state index >= 15 is 0 Å². The van der Waals surface area contributed by atoms with Gasteiger partial charge in [-0.1, -0.05) is 20.3 Å². The predicted octanol–water partition coefficient (Wildman–Crippen LogP) is 2.66. The van der Waals surface area contributed by atoms with E-state index in [1.165, 1.54) is 25.7 Å². The molecule has 72 valence electrons. The summed E-state index contributed by atoms with van der Waals surface area (Å²) in [6.45, 7) is 4.48. The summed E-state index contributed by atoms with van der Waals surface area (Å²) in [5.74, 6) is 0. The Hall–Kier alpha value is 0.310. The monoisotopic (exact) mass is 187 g/mol. The third-order valence-electron chi connectivity index (χ3n) is 2.53. The molecular formula is C10H21NS. The summed E-state index contributed by atoms with van der Waals surface area (Å²) in [6, 6.07) is 1.44. The van der Waals surface area contributed by atoms with E-state index in [1.807, 2.05) is 11.8 Å². The minimum atomic E-state index is 0.649. The third-order valence-corrected chi connectivity index (χ3v) is 3.62. The highest BCUT2D eigenvalue weighted by Crippen LogP contribution is 2.26. The van der Waals surface area contributed by atoms with E-state index < -0.39 is 0 Å². The summed E-state index contributed by atoms with van der Waals surface area (Å²) < 4.78 is 0. The van der Waals surface area contributed by atoms with Crippen LogP contribution < -0.4 is 5.32 Å². The lowest BCUT2D eigenvalue weighted by Gasteiger charge is -2.30. The van der Waals surface area contributed by atoms with Crippen LogP contribution in [0.4, 0.5) is 0 Å². The molecule has 0 bridgehead atoms. The lowest BCUT2D eigenvalue weighted by molar-refractivity contribution is 0.358. The summed E-state index contributed by atoms with van der Waals surface area (Å²) in [6.07, 6.45) is 7.84. The molecule has 2 unspecified atom stereocenters. The SMILES string of the molecule is CSC1CCCC(NC(C)C)C1. The first-order valence-corrected chi connectivity index (χ1v) is 6.30. The molecule has 1 aliphatic carbocycles. The molecule has 0 aromatic heterocycles. The van der Waals surface area contributed by atoms with Gasteiger partial charge in [0.25, 0.3) is 0 Å². The van der Waals surface area contributed by atoms with Crippen LogP contribution in [0.1, 0.15) is 39.5 Å². The van der Waals surface area contributed by atoms with Gasteiger partial charge in [0.2, 0.25) is 0 Å². The largest absolute Gasteiger partial charge is 0.312 e. The zero-order valence-electron chi connectivity index (χ0n) is 8.47. The van der Waals surface area contributed by atoms with E-state index in [9.17, 15) is 0 Å². The molecule has 0 radical (unpaired) electrons. The summed E-state index contributed by atoms with van der Waals surface area (Å²) in [5, 5.41) is 4.54. The quantitative estimate of drug-likeness (QED) is 0.729. The first kappa shape index (κ1) is 10.4. The van der Waals surface area contributed by atoms with E-state index in [4.69, 9.17) is 0 Å². The summed E-state index contributed by atoms with van der Waals surface area (Å²) in [4.78, 5) is 0. The standard InChI is InChI=1S/C10H21NS/c1-8(2)11-9-5-4-6-10(7-9)12-3/h8-11H,4-7H2,1-3H3. The molecule has 2 atom stereocenters. The maximum absolute atomic E-state index is 3.63.